The molecule has 0 radical (unpaired) electrons. The second-order valence-corrected chi connectivity index (χ2v) is 5.89. The molecular weight excluding hydrogens is 278 g/mol. The monoisotopic (exact) mass is 295 g/mol. The smallest absolute Gasteiger partial charge is 0.140 e. The summed E-state index contributed by atoms with van der Waals surface area (Å²) in [6.07, 6.45) is 7.10. The van der Waals surface area contributed by atoms with Crippen LogP contribution in [0.1, 0.15) is 25.7 Å². The number of nitrogens with zero attached hydrogens (tertiary/aromatic N) is 2. The van der Waals surface area contributed by atoms with E-state index in [0.29, 0.717) is 6.04 Å². The number of hydrogen-bond donors (Lipinski definition) is 1. The van der Waals surface area contributed by atoms with Crippen molar-refractivity contribution in [1.29, 1.82) is 0 Å². The summed E-state index contributed by atoms with van der Waals surface area (Å²) in [6.45, 7) is 2.55. The predicted molar refractivity (Wildman–Crippen MR) is 73.2 cm³/mol. The fourth-order valence-corrected chi connectivity index (χ4v) is 3.41. The van der Waals surface area contributed by atoms with Crippen molar-refractivity contribution in [3.63, 3.8) is 0 Å². The van der Waals surface area contributed by atoms with Crippen molar-refractivity contribution in [2.24, 2.45) is 0 Å². The molecule has 3 heterocycles. The highest BCUT2D eigenvalue weighted by Gasteiger charge is 2.31. The number of nitrogens with one attached hydrogen (secondary N) is 1. The summed E-state index contributed by atoms with van der Waals surface area (Å²) in [5, 5.41) is 3.58. The van der Waals surface area contributed by atoms with Gasteiger partial charge in [-0.25, -0.2) is 4.98 Å². The van der Waals surface area contributed by atoms with Gasteiger partial charge in [0.1, 0.15) is 5.82 Å². The van der Waals surface area contributed by atoms with E-state index in [1.165, 1.54) is 38.8 Å². The van der Waals surface area contributed by atoms with Crippen LogP contribution in [0.3, 0.4) is 0 Å². The van der Waals surface area contributed by atoms with Gasteiger partial charge in [-0.05, 0) is 60.3 Å². The van der Waals surface area contributed by atoms with E-state index in [-0.39, 0.29) is 0 Å². The molecule has 0 amide bonds. The maximum atomic E-state index is 4.39. The first-order chi connectivity index (χ1) is 8.33. The molecule has 2 saturated heterocycles. The van der Waals surface area contributed by atoms with Crippen LogP contribution in [0.15, 0.2) is 22.8 Å². The maximum Gasteiger partial charge on any atom is 0.140 e. The Morgan fingerprint density at radius 1 is 1.35 bits per heavy atom. The second-order valence-electron chi connectivity index (χ2n) is 5.03. The van der Waals surface area contributed by atoms with E-state index in [2.05, 4.69) is 31.1 Å². The highest BCUT2D eigenvalue weighted by molar-refractivity contribution is 9.10. The Kier molecular flexibility index (Phi) is 3.34. The van der Waals surface area contributed by atoms with Crippen molar-refractivity contribution in [3.05, 3.63) is 22.8 Å². The van der Waals surface area contributed by atoms with Crippen molar-refractivity contribution in [2.75, 3.05) is 18.4 Å². The number of pyridine rings is 1. The molecule has 1 N–H and O–H groups in total. The molecule has 2 aliphatic rings. The third-order valence-electron chi connectivity index (χ3n) is 3.92. The van der Waals surface area contributed by atoms with E-state index in [9.17, 15) is 0 Å². The third-order valence-corrected chi connectivity index (χ3v) is 4.56. The number of fused-ring (bicyclic) bond motifs is 1. The summed E-state index contributed by atoms with van der Waals surface area (Å²) in [4.78, 5) is 7.03. The average Bonchev–Trinajstić information content (AvgIpc) is 2.79. The van der Waals surface area contributed by atoms with Gasteiger partial charge in [-0.2, -0.15) is 0 Å². The van der Waals surface area contributed by atoms with Crippen molar-refractivity contribution in [2.45, 2.75) is 37.8 Å². The number of rotatable bonds is 2. The van der Waals surface area contributed by atoms with Gasteiger partial charge in [0.2, 0.25) is 0 Å². The summed E-state index contributed by atoms with van der Waals surface area (Å²) in [5.74, 6) is 0.990. The fraction of sp³-hybridized carbons (Fsp3) is 0.615. The van der Waals surface area contributed by atoms with Gasteiger partial charge in [0.15, 0.2) is 0 Å². The fourth-order valence-electron chi connectivity index (χ4n) is 3.04. The highest BCUT2D eigenvalue weighted by Crippen LogP contribution is 2.29. The molecule has 92 valence electrons. The standard InChI is InChI=1S/C13H18BrN3/c14-12-4-1-6-15-13(12)16-10-5-8-17-7-2-3-11(17)9-10/h1,4,6,10-11H,2-3,5,7-9H2,(H,15,16). The largest absolute Gasteiger partial charge is 0.366 e. The second kappa shape index (κ2) is 4.94. The molecule has 3 rings (SSSR count). The minimum absolute atomic E-state index is 0.584. The first kappa shape index (κ1) is 11.5. The molecule has 0 aromatic carbocycles. The molecule has 17 heavy (non-hydrogen) atoms. The lowest BCUT2D eigenvalue weighted by Gasteiger charge is -2.35. The predicted octanol–water partition coefficient (Wildman–Crippen LogP) is 2.88. The van der Waals surface area contributed by atoms with E-state index in [0.717, 1.165) is 16.3 Å². The van der Waals surface area contributed by atoms with E-state index in [1.807, 2.05) is 18.3 Å². The summed E-state index contributed by atoms with van der Waals surface area (Å²) in [7, 11) is 0. The van der Waals surface area contributed by atoms with Crippen molar-refractivity contribution < 1.29 is 0 Å². The molecular formula is C13H18BrN3. The van der Waals surface area contributed by atoms with Gasteiger partial charge in [-0.15, -0.1) is 0 Å². The van der Waals surface area contributed by atoms with E-state index in [4.69, 9.17) is 0 Å². The molecule has 2 unspecified atom stereocenters. The molecule has 2 aliphatic heterocycles. The normalized spacial score (nSPS) is 29.0. The molecule has 0 aliphatic carbocycles. The van der Waals surface area contributed by atoms with Crippen LogP contribution in [-0.2, 0) is 0 Å². The number of aromatic nitrogens is 1. The van der Waals surface area contributed by atoms with E-state index >= 15 is 0 Å². The average molecular weight is 296 g/mol. The Balaban J connectivity index is 1.64. The molecule has 4 heteroatoms. The van der Waals surface area contributed by atoms with Gasteiger partial charge in [-0.3, -0.25) is 0 Å². The van der Waals surface area contributed by atoms with Crippen molar-refractivity contribution in [3.8, 4) is 0 Å². The Morgan fingerprint density at radius 2 is 2.29 bits per heavy atom. The molecule has 0 bridgehead atoms. The zero-order valence-corrected chi connectivity index (χ0v) is 11.5. The van der Waals surface area contributed by atoms with Gasteiger partial charge in [0.05, 0.1) is 4.47 Å². The maximum absolute atomic E-state index is 4.39. The SMILES string of the molecule is Brc1cccnc1NC1CCN2CCCC2C1. The van der Waals surface area contributed by atoms with Crippen molar-refractivity contribution in [1.82, 2.24) is 9.88 Å². The Morgan fingerprint density at radius 3 is 3.18 bits per heavy atom. The highest BCUT2D eigenvalue weighted by atomic mass is 79.9. The lowest BCUT2D eigenvalue weighted by molar-refractivity contribution is 0.188. The molecule has 0 saturated carbocycles. The van der Waals surface area contributed by atoms with Crippen LogP contribution in [0.25, 0.3) is 0 Å². The first-order valence-corrected chi connectivity index (χ1v) is 7.23. The molecule has 1 aromatic rings. The van der Waals surface area contributed by atoms with Crippen LogP contribution in [0.2, 0.25) is 0 Å². The van der Waals surface area contributed by atoms with E-state index in [1.54, 1.807) is 0 Å². The number of hydrogen-bond acceptors (Lipinski definition) is 3. The summed E-state index contributed by atoms with van der Waals surface area (Å²) in [6, 6.07) is 5.39. The van der Waals surface area contributed by atoms with Crippen LogP contribution >= 0.6 is 15.9 Å². The van der Waals surface area contributed by atoms with Gasteiger partial charge in [-0.1, -0.05) is 0 Å². The van der Waals surface area contributed by atoms with Gasteiger partial charge < -0.3 is 10.2 Å². The lowest BCUT2D eigenvalue weighted by Crippen LogP contribution is -2.42. The molecule has 1 aromatic heterocycles. The Bertz CT molecular complexity index is 396. The third kappa shape index (κ3) is 2.47. The van der Waals surface area contributed by atoms with E-state index < -0.39 is 0 Å². The number of anilines is 1. The molecule has 2 atom stereocenters. The first-order valence-electron chi connectivity index (χ1n) is 6.44. The van der Waals surface area contributed by atoms with Crippen molar-refractivity contribution >= 4 is 21.7 Å². The van der Waals surface area contributed by atoms with Gasteiger partial charge in [0.25, 0.3) is 0 Å². The zero-order valence-electron chi connectivity index (χ0n) is 9.90. The Hall–Kier alpha value is -0.610. The van der Waals surface area contributed by atoms with Gasteiger partial charge >= 0.3 is 0 Å². The number of piperidine rings is 1. The summed E-state index contributed by atoms with van der Waals surface area (Å²) in [5.41, 5.74) is 0. The molecule has 0 spiro atoms. The molecule has 2 fully saturated rings. The van der Waals surface area contributed by atoms with Crippen LogP contribution < -0.4 is 5.32 Å². The van der Waals surface area contributed by atoms with Crippen LogP contribution in [0.4, 0.5) is 5.82 Å². The van der Waals surface area contributed by atoms with Crippen LogP contribution in [0.5, 0.6) is 0 Å². The topological polar surface area (TPSA) is 28.2 Å². The summed E-state index contributed by atoms with van der Waals surface area (Å²) < 4.78 is 1.06. The minimum Gasteiger partial charge on any atom is -0.366 e. The van der Waals surface area contributed by atoms with Gasteiger partial charge in [0, 0.05) is 24.8 Å². The Labute approximate surface area is 111 Å². The minimum atomic E-state index is 0.584. The lowest BCUT2D eigenvalue weighted by atomic mass is 9.97. The zero-order chi connectivity index (χ0) is 11.7. The van der Waals surface area contributed by atoms with Crippen LogP contribution in [0, 0.1) is 0 Å². The van der Waals surface area contributed by atoms with Crippen LogP contribution in [-0.4, -0.2) is 35.1 Å². The quantitative estimate of drug-likeness (QED) is 0.909. The summed E-state index contributed by atoms with van der Waals surface area (Å²) >= 11 is 3.54. The number of halogens is 1. The molecule has 3 nitrogen and oxygen atoms in total.